The summed E-state index contributed by atoms with van der Waals surface area (Å²) in [5.41, 5.74) is 1.00. The fourth-order valence-corrected chi connectivity index (χ4v) is 4.15. The Morgan fingerprint density at radius 1 is 1.29 bits per heavy atom. The molecule has 2 heterocycles. The number of aromatic nitrogens is 1. The van der Waals surface area contributed by atoms with Crippen LogP contribution >= 0.6 is 22.7 Å². The molecule has 3 aromatic rings. The lowest BCUT2D eigenvalue weighted by Gasteiger charge is -2.07. The highest BCUT2D eigenvalue weighted by Gasteiger charge is 2.10. The quantitative estimate of drug-likeness (QED) is 0.637. The van der Waals surface area contributed by atoms with E-state index in [1.165, 1.54) is 17.4 Å². The van der Waals surface area contributed by atoms with Gasteiger partial charge in [0.25, 0.3) is 5.91 Å². The molecule has 0 N–H and O–H groups in total. The number of carbonyl (C=O) groups is 1. The van der Waals surface area contributed by atoms with Crippen LogP contribution in [0.25, 0.3) is 16.3 Å². The normalized spacial score (nSPS) is 12.3. The summed E-state index contributed by atoms with van der Waals surface area (Å²) < 4.78 is 8.82. The Kier molecular flexibility index (Phi) is 5.27. The van der Waals surface area contributed by atoms with Crippen LogP contribution in [0.5, 0.6) is 5.75 Å². The molecule has 0 spiro atoms. The van der Waals surface area contributed by atoms with E-state index in [-0.39, 0.29) is 5.91 Å². The fraction of sp³-hybridized carbons (Fsp3) is 0.222. The molecule has 0 aliphatic carbocycles. The lowest BCUT2D eigenvalue weighted by atomic mass is 10.3. The number of fused-ring (bicyclic) bond motifs is 1. The maximum absolute atomic E-state index is 12.2. The van der Waals surface area contributed by atoms with Crippen molar-refractivity contribution in [1.82, 2.24) is 4.57 Å². The van der Waals surface area contributed by atoms with Crippen LogP contribution in [0.4, 0.5) is 0 Å². The second-order valence-electron chi connectivity index (χ2n) is 4.96. The molecular formula is C18H18N2O2S2. The van der Waals surface area contributed by atoms with Crippen LogP contribution in [0.1, 0.15) is 18.7 Å². The summed E-state index contributed by atoms with van der Waals surface area (Å²) in [6, 6.07) is 9.87. The predicted molar refractivity (Wildman–Crippen MR) is 101 cm³/mol. The number of thiazole rings is 1. The van der Waals surface area contributed by atoms with Gasteiger partial charge in [-0.3, -0.25) is 4.79 Å². The lowest BCUT2D eigenvalue weighted by Crippen LogP contribution is -2.15. The van der Waals surface area contributed by atoms with Crippen LogP contribution in [0.3, 0.4) is 0 Å². The van der Waals surface area contributed by atoms with Crippen LogP contribution in [0, 0.1) is 0 Å². The molecule has 0 aliphatic heterocycles. The molecule has 0 saturated carbocycles. The topological polar surface area (TPSA) is 43.6 Å². The number of benzene rings is 1. The zero-order valence-electron chi connectivity index (χ0n) is 13.6. The third-order valence-electron chi connectivity index (χ3n) is 3.42. The molecule has 1 amide bonds. The molecule has 2 aromatic heterocycles. The average Bonchev–Trinajstić information content (AvgIpc) is 3.20. The van der Waals surface area contributed by atoms with Crippen molar-refractivity contribution in [2.24, 2.45) is 4.99 Å². The maximum atomic E-state index is 12.2. The zero-order chi connectivity index (χ0) is 16.9. The van der Waals surface area contributed by atoms with Crippen LogP contribution < -0.4 is 9.54 Å². The predicted octanol–water partition coefficient (Wildman–Crippen LogP) is 4.32. The van der Waals surface area contributed by atoms with E-state index in [0.717, 1.165) is 27.4 Å². The van der Waals surface area contributed by atoms with Crippen molar-refractivity contribution in [2.75, 3.05) is 6.61 Å². The molecule has 0 atom stereocenters. The molecule has 6 heteroatoms. The van der Waals surface area contributed by atoms with Crippen LogP contribution in [0.15, 0.2) is 46.8 Å². The summed E-state index contributed by atoms with van der Waals surface area (Å²) in [5.74, 6) is 0.575. The average molecular weight is 358 g/mol. The molecule has 0 unspecified atom stereocenters. The minimum absolute atomic E-state index is 0.255. The first-order valence-electron chi connectivity index (χ1n) is 7.78. The Bertz CT molecular complexity index is 934. The Morgan fingerprint density at radius 3 is 2.88 bits per heavy atom. The van der Waals surface area contributed by atoms with Gasteiger partial charge in [-0.05, 0) is 43.5 Å². The molecule has 4 nitrogen and oxygen atoms in total. The standard InChI is InChI=1S/C18H18N2O2S2/c1-3-20-17-14(22-4-2)8-5-9-15(17)24-18(20)19-16(21)11-10-13-7-6-12-23-13/h5-12H,3-4H2,1-2H3. The molecule has 1 aromatic carbocycles. The van der Waals surface area contributed by atoms with Gasteiger partial charge in [-0.25, -0.2) is 0 Å². The van der Waals surface area contributed by atoms with Gasteiger partial charge < -0.3 is 9.30 Å². The van der Waals surface area contributed by atoms with Crippen LogP contribution in [-0.4, -0.2) is 17.1 Å². The molecule has 0 bridgehead atoms. The van der Waals surface area contributed by atoms with Crippen molar-refractivity contribution in [3.8, 4) is 5.75 Å². The number of amides is 1. The molecule has 24 heavy (non-hydrogen) atoms. The first kappa shape index (κ1) is 16.7. The van der Waals surface area contributed by atoms with Gasteiger partial charge in [0, 0.05) is 17.5 Å². The molecule has 3 rings (SSSR count). The van der Waals surface area contributed by atoms with Gasteiger partial charge in [-0.15, -0.1) is 11.3 Å². The van der Waals surface area contributed by atoms with Crippen LogP contribution in [-0.2, 0) is 11.3 Å². The number of para-hydroxylation sites is 1. The molecule has 0 fully saturated rings. The molecule has 0 saturated heterocycles. The van der Waals surface area contributed by atoms with Crippen molar-refractivity contribution in [2.45, 2.75) is 20.4 Å². The number of rotatable bonds is 5. The monoisotopic (exact) mass is 358 g/mol. The Balaban J connectivity index is 2.02. The number of aryl methyl sites for hydroxylation is 1. The fourth-order valence-electron chi connectivity index (χ4n) is 2.42. The number of carbonyl (C=O) groups excluding carboxylic acids is 1. The van der Waals surface area contributed by atoms with Gasteiger partial charge in [-0.1, -0.05) is 23.5 Å². The van der Waals surface area contributed by atoms with E-state index in [9.17, 15) is 4.79 Å². The Hall–Kier alpha value is -2.18. The number of thiophene rings is 1. The van der Waals surface area contributed by atoms with Crippen molar-refractivity contribution in [3.63, 3.8) is 0 Å². The second kappa shape index (κ2) is 7.59. The molecule has 0 radical (unpaired) electrons. The highest BCUT2D eigenvalue weighted by molar-refractivity contribution is 7.16. The summed E-state index contributed by atoms with van der Waals surface area (Å²) in [4.78, 5) is 18.2. The number of nitrogens with zero attached hydrogens (tertiary/aromatic N) is 2. The first-order chi connectivity index (χ1) is 11.7. The summed E-state index contributed by atoms with van der Waals surface area (Å²) in [5, 5.41) is 1.98. The van der Waals surface area contributed by atoms with Gasteiger partial charge in [0.05, 0.1) is 11.3 Å². The van der Waals surface area contributed by atoms with Gasteiger partial charge >= 0.3 is 0 Å². The number of hydrogen-bond donors (Lipinski definition) is 0. The SMILES string of the molecule is CCOc1cccc2sc(=NC(=O)C=Cc3cccs3)n(CC)c12. The van der Waals surface area contributed by atoms with E-state index in [0.29, 0.717) is 11.4 Å². The highest BCUT2D eigenvalue weighted by Crippen LogP contribution is 2.27. The van der Waals surface area contributed by atoms with Crippen LogP contribution in [0.2, 0.25) is 0 Å². The Morgan fingerprint density at radius 2 is 2.17 bits per heavy atom. The Labute approximate surface area is 148 Å². The van der Waals surface area contributed by atoms with Crippen molar-refractivity contribution in [1.29, 1.82) is 0 Å². The summed E-state index contributed by atoms with van der Waals surface area (Å²) in [7, 11) is 0. The second-order valence-corrected chi connectivity index (χ2v) is 6.95. The van der Waals surface area contributed by atoms with E-state index in [1.54, 1.807) is 17.4 Å². The molecular weight excluding hydrogens is 340 g/mol. The molecule has 124 valence electrons. The van der Waals surface area contributed by atoms with Gasteiger partial charge in [-0.2, -0.15) is 4.99 Å². The van der Waals surface area contributed by atoms with Crippen molar-refractivity contribution < 1.29 is 9.53 Å². The first-order valence-corrected chi connectivity index (χ1v) is 9.48. The van der Waals surface area contributed by atoms with E-state index < -0.39 is 0 Å². The minimum atomic E-state index is -0.255. The van der Waals surface area contributed by atoms with E-state index >= 15 is 0 Å². The minimum Gasteiger partial charge on any atom is -0.492 e. The van der Waals surface area contributed by atoms with Crippen molar-refractivity contribution >= 4 is 44.9 Å². The van der Waals surface area contributed by atoms with Gasteiger partial charge in [0.2, 0.25) is 0 Å². The largest absolute Gasteiger partial charge is 0.492 e. The van der Waals surface area contributed by atoms with E-state index in [2.05, 4.69) is 4.99 Å². The lowest BCUT2D eigenvalue weighted by molar-refractivity contribution is -0.113. The van der Waals surface area contributed by atoms with E-state index in [1.807, 2.05) is 54.1 Å². The van der Waals surface area contributed by atoms with Gasteiger partial charge in [0.15, 0.2) is 4.80 Å². The third-order valence-corrected chi connectivity index (χ3v) is 5.30. The van der Waals surface area contributed by atoms with Gasteiger partial charge in [0.1, 0.15) is 11.3 Å². The molecule has 0 aliphatic rings. The maximum Gasteiger partial charge on any atom is 0.272 e. The number of ether oxygens (including phenoxy) is 1. The summed E-state index contributed by atoms with van der Waals surface area (Å²) >= 11 is 3.09. The number of hydrogen-bond acceptors (Lipinski definition) is 4. The smallest absolute Gasteiger partial charge is 0.272 e. The van der Waals surface area contributed by atoms with E-state index in [4.69, 9.17) is 4.74 Å². The van der Waals surface area contributed by atoms with Crippen molar-refractivity contribution in [3.05, 3.63) is 51.5 Å². The summed E-state index contributed by atoms with van der Waals surface area (Å²) in [6.45, 7) is 5.34. The third kappa shape index (κ3) is 3.49. The highest BCUT2D eigenvalue weighted by atomic mass is 32.1. The summed E-state index contributed by atoms with van der Waals surface area (Å²) in [6.07, 6.45) is 3.31. The zero-order valence-corrected chi connectivity index (χ0v) is 15.2.